The molecular formula is C26H36N6O3. The lowest BCUT2D eigenvalue weighted by atomic mass is 10.1. The van der Waals surface area contributed by atoms with Gasteiger partial charge in [0.05, 0.1) is 13.2 Å². The van der Waals surface area contributed by atoms with Crippen molar-refractivity contribution in [3.63, 3.8) is 0 Å². The third kappa shape index (κ3) is 5.33. The van der Waals surface area contributed by atoms with Crippen molar-refractivity contribution in [1.29, 1.82) is 0 Å². The molecule has 1 aromatic carbocycles. The molecule has 35 heavy (non-hydrogen) atoms. The van der Waals surface area contributed by atoms with Gasteiger partial charge < -0.3 is 24.8 Å². The molecule has 0 saturated carbocycles. The molecule has 2 aliphatic heterocycles. The van der Waals surface area contributed by atoms with Crippen LogP contribution in [0.4, 0.5) is 11.8 Å². The van der Waals surface area contributed by atoms with Crippen molar-refractivity contribution in [2.45, 2.75) is 53.6 Å². The van der Waals surface area contributed by atoms with E-state index in [1.165, 1.54) is 5.56 Å². The van der Waals surface area contributed by atoms with Crippen LogP contribution in [0, 0.1) is 6.92 Å². The number of benzene rings is 1. The van der Waals surface area contributed by atoms with Gasteiger partial charge in [-0.15, -0.1) is 0 Å². The molecule has 0 unspecified atom stereocenters. The van der Waals surface area contributed by atoms with Crippen LogP contribution in [0.2, 0.25) is 0 Å². The Labute approximate surface area is 207 Å². The van der Waals surface area contributed by atoms with Crippen molar-refractivity contribution < 1.29 is 14.3 Å². The summed E-state index contributed by atoms with van der Waals surface area (Å²) in [5.41, 5.74) is 3.68. The highest BCUT2D eigenvalue weighted by molar-refractivity contribution is 5.98. The van der Waals surface area contributed by atoms with E-state index in [9.17, 15) is 9.59 Å². The molecule has 2 amide bonds. The number of rotatable bonds is 8. The third-order valence-electron chi connectivity index (χ3n) is 6.66. The van der Waals surface area contributed by atoms with Crippen molar-refractivity contribution in [1.82, 2.24) is 19.8 Å². The Morgan fingerprint density at radius 3 is 2.54 bits per heavy atom. The van der Waals surface area contributed by atoms with Crippen LogP contribution in [0.25, 0.3) is 0 Å². The first-order chi connectivity index (χ1) is 16.8. The number of anilines is 2. The van der Waals surface area contributed by atoms with E-state index in [0.29, 0.717) is 57.5 Å². The summed E-state index contributed by atoms with van der Waals surface area (Å²) in [6.45, 7) is 14.1. The predicted molar refractivity (Wildman–Crippen MR) is 136 cm³/mol. The van der Waals surface area contributed by atoms with Gasteiger partial charge in [-0.2, -0.15) is 4.98 Å². The summed E-state index contributed by atoms with van der Waals surface area (Å²) in [5.74, 6) is 2.21. The molecule has 9 nitrogen and oxygen atoms in total. The molecule has 0 aliphatic carbocycles. The van der Waals surface area contributed by atoms with Crippen molar-refractivity contribution in [2.75, 3.05) is 49.5 Å². The molecule has 1 N–H and O–H groups in total. The first-order valence-corrected chi connectivity index (χ1v) is 12.5. The lowest BCUT2D eigenvalue weighted by Crippen LogP contribution is -2.48. The Hall–Kier alpha value is -3.36. The Morgan fingerprint density at radius 1 is 1.17 bits per heavy atom. The molecule has 188 valence electrons. The minimum Gasteiger partial charge on any atom is -0.494 e. The van der Waals surface area contributed by atoms with Gasteiger partial charge in [-0.25, -0.2) is 4.98 Å². The molecule has 1 saturated heterocycles. The van der Waals surface area contributed by atoms with Gasteiger partial charge in [-0.05, 0) is 51.3 Å². The number of carbonyl (C=O) groups excluding carboxylic acids is 2. The van der Waals surface area contributed by atoms with Crippen LogP contribution in [-0.2, 0) is 17.8 Å². The number of aryl methyl sites for hydroxylation is 1. The molecule has 0 radical (unpaired) electrons. The molecule has 9 heteroatoms. The van der Waals surface area contributed by atoms with Crippen molar-refractivity contribution in [3.8, 4) is 5.75 Å². The molecule has 0 atom stereocenters. The van der Waals surface area contributed by atoms with Gasteiger partial charge in [0.25, 0.3) is 5.91 Å². The maximum Gasteiger partial charge on any atom is 0.273 e. The summed E-state index contributed by atoms with van der Waals surface area (Å²) in [7, 11) is 0. The zero-order chi connectivity index (χ0) is 25.1. The van der Waals surface area contributed by atoms with Crippen molar-refractivity contribution in [2.24, 2.45) is 0 Å². The lowest BCUT2D eigenvalue weighted by Gasteiger charge is -2.34. The maximum absolute atomic E-state index is 13.1. The third-order valence-corrected chi connectivity index (χ3v) is 6.66. The fourth-order valence-electron chi connectivity index (χ4n) is 4.61. The van der Waals surface area contributed by atoms with Crippen LogP contribution in [0.5, 0.6) is 5.75 Å². The zero-order valence-corrected chi connectivity index (χ0v) is 21.4. The molecule has 0 spiro atoms. The number of ether oxygens (including phenoxy) is 1. The second-order valence-electron chi connectivity index (χ2n) is 9.43. The number of piperazine rings is 1. The van der Waals surface area contributed by atoms with Gasteiger partial charge in [0, 0.05) is 51.3 Å². The quantitative estimate of drug-likeness (QED) is 0.621. The number of nitrogens with one attached hydrogen (secondary N) is 1. The number of hydrogen-bond acceptors (Lipinski definition) is 7. The average molecular weight is 481 g/mol. The Balaban J connectivity index is 1.53. The minimum atomic E-state index is -0.0498. The highest BCUT2D eigenvalue weighted by atomic mass is 16.5. The second kappa shape index (κ2) is 10.5. The number of aromatic nitrogens is 2. The van der Waals surface area contributed by atoms with Gasteiger partial charge in [0.2, 0.25) is 11.9 Å². The first kappa shape index (κ1) is 24.8. The lowest BCUT2D eigenvalue weighted by molar-refractivity contribution is -0.129. The molecule has 0 bridgehead atoms. The van der Waals surface area contributed by atoms with E-state index in [4.69, 9.17) is 14.7 Å². The number of amides is 2. The van der Waals surface area contributed by atoms with E-state index in [1.54, 1.807) is 6.92 Å². The SMILES string of the molecule is CCOc1ccc(CCNc2nc(N3CCN(C(C)=O)CC3)nc3c2CN(C(C)C)C3=O)cc1C. The molecule has 1 fully saturated rings. The first-order valence-electron chi connectivity index (χ1n) is 12.5. The largest absolute Gasteiger partial charge is 0.494 e. The van der Waals surface area contributed by atoms with Gasteiger partial charge in [-0.1, -0.05) is 12.1 Å². The molecule has 2 aliphatic rings. The molecule has 2 aromatic rings. The fourth-order valence-corrected chi connectivity index (χ4v) is 4.61. The predicted octanol–water partition coefficient (Wildman–Crippen LogP) is 2.87. The fraction of sp³-hybridized carbons (Fsp3) is 0.538. The van der Waals surface area contributed by atoms with Gasteiger partial charge in [-0.3, -0.25) is 9.59 Å². The van der Waals surface area contributed by atoms with E-state index in [-0.39, 0.29) is 17.9 Å². The van der Waals surface area contributed by atoms with E-state index in [1.807, 2.05) is 36.6 Å². The van der Waals surface area contributed by atoms with E-state index in [2.05, 4.69) is 29.3 Å². The number of fused-ring (bicyclic) bond motifs is 1. The van der Waals surface area contributed by atoms with Gasteiger partial charge in [0.1, 0.15) is 17.3 Å². The molecule has 1 aromatic heterocycles. The molecular weight excluding hydrogens is 444 g/mol. The summed E-state index contributed by atoms with van der Waals surface area (Å²) in [6.07, 6.45) is 0.820. The summed E-state index contributed by atoms with van der Waals surface area (Å²) in [6, 6.07) is 6.35. The highest BCUT2D eigenvalue weighted by Crippen LogP contribution is 2.31. The van der Waals surface area contributed by atoms with Crippen LogP contribution in [0.3, 0.4) is 0 Å². The smallest absolute Gasteiger partial charge is 0.273 e. The van der Waals surface area contributed by atoms with E-state index < -0.39 is 0 Å². The van der Waals surface area contributed by atoms with Crippen LogP contribution >= 0.6 is 0 Å². The summed E-state index contributed by atoms with van der Waals surface area (Å²) < 4.78 is 5.65. The number of nitrogens with zero attached hydrogens (tertiary/aromatic N) is 5. The number of hydrogen-bond donors (Lipinski definition) is 1. The average Bonchev–Trinajstić information content (AvgIpc) is 3.18. The molecule has 3 heterocycles. The minimum absolute atomic E-state index is 0.0498. The highest BCUT2D eigenvalue weighted by Gasteiger charge is 2.35. The topological polar surface area (TPSA) is 90.9 Å². The molecule has 4 rings (SSSR count). The Kier molecular flexibility index (Phi) is 7.42. The maximum atomic E-state index is 13.1. The normalized spacial score (nSPS) is 15.6. The van der Waals surface area contributed by atoms with Crippen molar-refractivity contribution in [3.05, 3.63) is 40.6 Å². The standard InChI is InChI=1S/C26H36N6O3/c1-6-35-22-8-7-20(15-18(22)4)9-10-27-24-21-16-32(17(2)3)25(34)23(21)28-26(29-24)31-13-11-30(12-14-31)19(5)33/h7-8,15,17H,6,9-14,16H2,1-5H3,(H,27,28,29). The van der Waals surface area contributed by atoms with Gasteiger partial charge in [0.15, 0.2) is 0 Å². The zero-order valence-electron chi connectivity index (χ0n) is 21.4. The second-order valence-corrected chi connectivity index (χ2v) is 9.43. The number of carbonyl (C=O) groups is 2. The van der Waals surface area contributed by atoms with Crippen LogP contribution < -0.4 is 15.0 Å². The van der Waals surface area contributed by atoms with Crippen LogP contribution in [0.15, 0.2) is 18.2 Å². The Morgan fingerprint density at radius 2 is 1.91 bits per heavy atom. The monoisotopic (exact) mass is 480 g/mol. The van der Waals surface area contributed by atoms with Gasteiger partial charge >= 0.3 is 0 Å². The van der Waals surface area contributed by atoms with E-state index in [0.717, 1.165) is 29.1 Å². The summed E-state index contributed by atoms with van der Waals surface area (Å²) in [4.78, 5) is 40.1. The summed E-state index contributed by atoms with van der Waals surface area (Å²) >= 11 is 0. The van der Waals surface area contributed by atoms with Crippen LogP contribution in [0.1, 0.15) is 54.9 Å². The Bertz CT molecular complexity index is 1090. The summed E-state index contributed by atoms with van der Waals surface area (Å²) in [5, 5.41) is 3.49. The van der Waals surface area contributed by atoms with Crippen LogP contribution in [-0.4, -0.2) is 77.0 Å². The van der Waals surface area contributed by atoms with E-state index >= 15 is 0 Å². The van der Waals surface area contributed by atoms with Crippen molar-refractivity contribution >= 4 is 23.6 Å².